The van der Waals surface area contributed by atoms with Crippen LogP contribution in [-0.4, -0.2) is 51.7 Å². The molecule has 1 aromatic carbocycles. The summed E-state index contributed by atoms with van der Waals surface area (Å²) in [7, 11) is 1.97. The molecule has 5 heteroatoms. The van der Waals surface area contributed by atoms with Crippen molar-refractivity contribution in [3.05, 3.63) is 53.9 Å². The van der Waals surface area contributed by atoms with Gasteiger partial charge in [0, 0.05) is 45.1 Å². The molecule has 1 amide bonds. The Hall–Kier alpha value is -2.14. The number of benzene rings is 1. The van der Waals surface area contributed by atoms with Gasteiger partial charge in [0.2, 0.25) is 5.91 Å². The SMILES string of the molecule is CN1C(=O)[C@@H]2CC[C@H]1CN(Cc1ccccc1Cn1cccn1)C2. The molecule has 4 heterocycles. The van der Waals surface area contributed by atoms with E-state index >= 15 is 0 Å². The molecule has 3 aliphatic heterocycles. The highest BCUT2D eigenvalue weighted by Gasteiger charge is 2.38. The molecule has 0 spiro atoms. The van der Waals surface area contributed by atoms with Crippen LogP contribution in [0.4, 0.5) is 0 Å². The summed E-state index contributed by atoms with van der Waals surface area (Å²) in [5.74, 6) is 0.505. The molecule has 5 nitrogen and oxygen atoms in total. The van der Waals surface area contributed by atoms with Gasteiger partial charge in [-0.1, -0.05) is 24.3 Å². The Labute approximate surface area is 142 Å². The van der Waals surface area contributed by atoms with E-state index in [4.69, 9.17) is 0 Å². The van der Waals surface area contributed by atoms with Crippen LogP contribution in [0.5, 0.6) is 0 Å². The van der Waals surface area contributed by atoms with Gasteiger partial charge in [-0.05, 0) is 30.0 Å². The number of carbonyl (C=O) groups is 1. The Morgan fingerprint density at radius 1 is 1.08 bits per heavy atom. The van der Waals surface area contributed by atoms with Gasteiger partial charge >= 0.3 is 0 Å². The number of aromatic nitrogens is 2. The lowest BCUT2D eigenvalue weighted by Crippen LogP contribution is -2.45. The summed E-state index contributed by atoms with van der Waals surface area (Å²) < 4.78 is 1.96. The first-order valence-corrected chi connectivity index (χ1v) is 8.74. The zero-order valence-electron chi connectivity index (χ0n) is 14.1. The van der Waals surface area contributed by atoms with Crippen molar-refractivity contribution in [1.82, 2.24) is 19.6 Å². The van der Waals surface area contributed by atoms with Crippen LogP contribution in [-0.2, 0) is 17.9 Å². The first-order valence-electron chi connectivity index (χ1n) is 8.74. The first kappa shape index (κ1) is 15.4. The summed E-state index contributed by atoms with van der Waals surface area (Å²) in [6.45, 7) is 3.57. The molecule has 0 saturated carbocycles. The third-order valence-corrected chi connectivity index (χ3v) is 5.44. The van der Waals surface area contributed by atoms with E-state index in [9.17, 15) is 4.79 Å². The predicted molar refractivity (Wildman–Crippen MR) is 92.3 cm³/mol. The minimum Gasteiger partial charge on any atom is -0.341 e. The van der Waals surface area contributed by atoms with Gasteiger partial charge in [0.05, 0.1) is 12.5 Å². The fourth-order valence-corrected chi connectivity index (χ4v) is 4.05. The summed E-state index contributed by atoms with van der Waals surface area (Å²) in [5, 5.41) is 4.32. The van der Waals surface area contributed by atoms with Crippen molar-refractivity contribution in [2.24, 2.45) is 5.92 Å². The van der Waals surface area contributed by atoms with Crippen molar-refractivity contribution >= 4 is 5.91 Å². The summed E-state index contributed by atoms with van der Waals surface area (Å²) in [5.41, 5.74) is 2.64. The van der Waals surface area contributed by atoms with Crippen LogP contribution >= 0.6 is 0 Å². The van der Waals surface area contributed by atoms with Gasteiger partial charge < -0.3 is 4.90 Å². The fourth-order valence-electron chi connectivity index (χ4n) is 4.05. The summed E-state index contributed by atoms with van der Waals surface area (Å²) in [4.78, 5) is 16.8. The van der Waals surface area contributed by atoms with Gasteiger partial charge in [0.15, 0.2) is 0 Å². The van der Waals surface area contributed by atoms with Gasteiger partial charge in [-0.3, -0.25) is 14.4 Å². The molecule has 1 aromatic heterocycles. The molecule has 0 aliphatic carbocycles. The van der Waals surface area contributed by atoms with E-state index in [-0.39, 0.29) is 5.92 Å². The number of hydrogen-bond acceptors (Lipinski definition) is 3. The van der Waals surface area contributed by atoms with Gasteiger partial charge in [0.25, 0.3) is 0 Å². The number of fused-ring (bicyclic) bond motifs is 4. The average Bonchev–Trinajstić information content (AvgIpc) is 2.96. The third-order valence-electron chi connectivity index (χ3n) is 5.44. The quantitative estimate of drug-likeness (QED) is 0.864. The number of piperidine rings is 1. The predicted octanol–water partition coefficient (Wildman–Crippen LogP) is 1.98. The molecule has 0 N–H and O–H groups in total. The molecule has 2 aromatic rings. The number of nitrogens with zero attached hydrogens (tertiary/aromatic N) is 4. The van der Waals surface area contributed by atoms with Crippen molar-refractivity contribution in [2.75, 3.05) is 20.1 Å². The molecule has 3 fully saturated rings. The Morgan fingerprint density at radius 3 is 2.62 bits per heavy atom. The maximum atomic E-state index is 12.4. The Kier molecular flexibility index (Phi) is 4.10. The van der Waals surface area contributed by atoms with Crippen molar-refractivity contribution in [2.45, 2.75) is 32.0 Å². The molecule has 0 radical (unpaired) electrons. The van der Waals surface area contributed by atoms with Gasteiger partial charge in [-0.25, -0.2) is 0 Å². The number of rotatable bonds is 4. The molecular formula is C19H24N4O. The smallest absolute Gasteiger partial charge is 0.227 e. The van der Waals surface area contributed by atoms with Crippen LogP contribution < -0.4 is 0 Å². The van der Waals surface area contributed by atoms with Gasteiger partial charge in [0.1, 0.15) is 0 Å². The third kappa shape index (κ3) is 2.96. The largest absolute Gasteiger partial charge is 0.341 e. The zero-order valence-corrected chi connectivity index (χ0v) is 14.1. The van der Waals surface area contributed by atoms with Crippen molar-refractivity contribution in [3.63, 3.8) is 0 Å². The lowest BCUT2D eigenvalue weighted by Gasteiger charge is -2.32. The van der Waals surface area contributed by atoms with E-state index in [1.165, 1.54) is 11.1 Å². The minimum absolute atomic E-state index is 0.173. The second kappa shape index (κ2) is 6.40. The highest BCUT2D eigenvalue weighted by Crippen LogP contribution is 2.29. The van der Waals surface area contributed by atoms with Gasteiger partial charge in [-0.15, -0.1) is 0 Å². The van der Waals surface area contributed by atoms with E-state index in [0.29, 0.717) is 11.9 Å². The van der Waals surface area contributed by atoms with Crippen LogP contribution in [0.2, 0.25) is 0 Å². The van der Waals surface area contributed by atoms with E-state index in [1.807, 2.05) is 35.1 Å². The summed E-state index contributed by atoms with van der Waals surface area (Å²) in [6, 6.07) is 10.9. The topological polar surface area (TPSA) is 41.4 Å². The fraction of sp³-hybridized carbons (Fsp3) is 0.474. The molecule has 5 rings (SSSR count). The van der Waals surface area contributed by atoms with Crippen molar-refractivity contribution in [1.29, 1.82) is 0 Å². The highest BCUT2D eigenvalue weighted by atomic mass is 16.2. The molecule has 0 unspecified atom stereocenters. The normalized spacial score (nSPS) is 24.4. The Morgan fingerprint density at radius 2 is 1.88 bits per heavy atom. The molecule has 2 atom stereocenters. The second-order valence-electron chi connectivity index (χ2n) is 7.04. The Balaban J connectivity index is 1.52. The second-order valence-corrected chi connectivity index (χ2v) is 7.04. The van der Waals surface area contributed by atoms with Crippen molar-refractivity contribution in [3.8, 4) is 0 Å². The number of carbonyl (C=O) groups excluding carboxylic acids is 1. The van der Waals surface area contributed by atoms with E-state index < -0.39 is 0 Å². The maximum Gasteiger partial charge on any atom is 0.227 e. The van der Waals surface area contributed by atoms with Crippen LogP contribution in [0.1, 0.15) is 24.0 Å². The monoisotopic (exact) mass is 324 g/mol. The molecule has 126 valence electrons. The summed E-state index contributed by atoms with van der Waals surface area (Å²) >= 11 is 0. The van der Waals surface area contributed by atoms with E-state index in [0.717, 1.165) is 39.0 Å². The molecule has 3 saturated heterocycles. The Bertz CT molecular complexity index is 712. The van der Waals surface area contributed by atoms with Crippen molar-refractivity contribution < 1.29 is 4.79 Å². The number of hydrogen-bond donors (Lipinski definition) is 0. The average molecular weight is 324 g/mol. The molecule has 2 bridgehead atoms. The van der Waals surface area contributed by atoms with Crippen LogP contribution in [0.15, 0.2) is 42.7 Å². The van der Waals surface area contributed by atoms with Crippen LogP contribution in [0.3, 0.4) is 0 Å². The van der Waals surface area contributed by atoms with Crippen LogP contribution in [0.25, 0.3) is 0 Å². The van der Waals surface area contributed by atoms with Gasteiger partial charge in [-0.2, -0.15) is 5.10 Å². The molecular weight excluding hydrogens is 300 g/mol. The molecule has 24 heavy (non-hydrogen) atoms. The maximum absolute atomic E-state index is 12.4. The van der Waals surface area contributed by atoms with E-state index in [1.54, 1.807) is 0 Å². The number of likely N-dealkylation sites (N-methyl/N-ethyl adjacent to an activating group) is 1. The summed E-state index contributed by atoms with van der Waals surface area (Å²) in [6.07, 6.45) is 5.99. The number of amides is 1. The lowest BCUT2D eigenvalue weighted by molar-refractivity contribution is -0.138. The first-order chi connectivity index (χ1) is 11.7. The van der Waals surface area contributed by atoms with E-state index in [2.05, 4.69) is 34.3 Å². The van der Waals surface area contributed by atoms with Crippen LogP contribution in [0, 0.1) is 5.92 Å². The highest BCUT2D eigenvalue weighted by molar-refractivity contribution is 5.80. The standard InChI is InChI=1S/C19H24N4O/c1-21-18-8-7-17(19(21)24)12-22(14-18)11-15-5-2-3-6-16(15)13-23-10-4-9-20-23/h2-6,9-10,17-18H,7-8,11-14H2,1H3/t17-,18+/m1/s1. The minimum atomic E-state index is 0.173. The molecule has 3 aliphatic rings. The lowest BCUT2D eigenvalue weighted by atomic mass is 9.95. The zero-order chi connectivity index (χ0) is 16.5.